The van der Waals surface area contributed by atoms with Gasteiger partial charge in [0.1, 0.15) is 11.5 Å². The Hall–Kier alpha value is -3.27. The summed E-state index contributed by atoms with van der Waals surface area (Å²) in [5.74, 6) is -0.282. The maximum Gasteiger partial charge on any atom is 0.269 e. The van der Waals surface area contributed by atoms with Gasteiger partial charge in [-0.15, -0.1) is 11.3 Å². The van der Waals surface area contributed by atoms with Crippen molar-refractivity contribution in [2.45, 2.75) is 18.9 Å². The summed E-state index contributed by atoms with van der Waals surface area (Å²) in [6, 6.07) is 7.34. The van der Waals surface area contributed by atoms with Crippen LogP contribution in [0.15, 0.2) is 42.0 Å². The van der Waals surface area contributed by atoms with Crippen LogP contribution in [0.5, 0.6) is 0 Å². The van der Waals surface area contributed by atoms with Crippen molar-refractivity contribution in [3.05, 3.63) is 53.7 Å². The molecule has 4 heterocycles. The molecule has 156 valence electrons. The fraction of sp³-hybridized carbons (Fsp3) is 0.300. The molecule has 1 saturated heterocycles. The minimum Gasteiger partial charge on any atom is -0.382 e. The quantitative estimate of drug-likeness (QED) is 0.520. The van der Waals surface area contributed by atoms with E-state index in [1.54, 1.807) is 24.5 Å². The van der Waals surface area contributed by atoms with E-state index in [0.717, 1.165) is 29.5 Å². The normalized spacial score (nSPS) is 14.4. The molecule has 1 aliphatic rings. The highest BCUT2D eigenvalue weighted by Gasteiger charge is 2.22. The highest BCUT2D eigenvalue weighted by atomic mass is 32.1. The van der Waals surface area contributed by atoms with E-state index < -0.39 is 11.9 Å². The van der Waals surface area contributed by atoms with Gasteiger partial charge in [-0.1, -0.05) is 0 Å². The number of nitrogens with one attached hydrogen (secondary N) is 3. The van der Waals surface area contributed by atoms with Crippen molar-refractivity contribution in [2.75, 3.05) is 35.7 Å². The van der Waals surface area contributed by atoms with Gasteiger partial charge < -0.3 is 20.9 Å². The SMILES string of the molecule is CNC(=O)c1ccc(N2CCC(Nc3ccnc(Nc4nccs4)c3)CC2)c(F)n1. The maximum atomic E-state index is 14.4. The van der Waals surface area contributed by atoms with Crippen molar-refractivity contribution in [3.63, 3.8) is 0 Å². The molecule has 0 atom stereocenters. The lowest BCUT2D eigenvalue weighted by molar-refractivity contribution is 0.0957. The average molecular weight is 428 g/mol. The first-order valence-corrected chi connectivity index (χ1v) is 10.5. The number of carbonyl (C=O) groups excluding carboxylic acids is 1. The molecule has 0 aliphatic carbocycles. The Balaban J connectivity index is 1.34. The molecule has 10 heteroatoms. The number of rotatable bonds is 6. The van der Waals surface area contributed by atoms with Gasteiger partial charge in [0.05, 0.1) is 5.69 Å². The number of aromatic nitrogens is 3. The van der Waals surface area contributed by atoms with E-state index in [9.17, 15) is 9.18 Å². The van der Waals surface area contributed by atoms with E-state index in [0.29, 0.717) is 18.8 Å². The van der Waals surface area contributed by atoms with Gasteiger partial charge in [-0.05, 0) is 31.0 Å². The lowest BCUT2D eigenvalue weighted by Crippen LogP contribution is -2.39. The van der Waals surface area contributed by atoms with Gasteiger partial charge in [-0.3, -0.25) is 4.79 Å². The van der Waals surface area contributed by atoms with Crippen LogP contribution < -0.4 is 20.9 Å². The number of halogens is 1. The van der Waals surface area contributed by atoms with Crippen LogP contribution in [0.2, 0.25) is 0 Å². The molecule has 0 unspecified atom stereocenters. The van der Waals surface area contributed by atoms with Gasteiger partial charge in [0.2, 0.25) is 5.95 Å². The molecule has 3 aromatic heterocycles. The molecule has 1 fully saturated rings. The third-order valence-corrected chi connectivity index (χ3v) is 5.61. The maximum absolute atomic E-state index is 14.4. The number of thiazole rings is 1. The molecule has 8 nitrogen and oxygen atoms in total. The summed E-state index contributed by atoms with van der Waals surface area (Å²) in [6.45, 7) is 1.40. The largest absolute Gasteiger partial charge is 0.382 e. The average Bonchev–Trinajstić information content (AvgIpc) is 3.27. The molecular formula is C20H22FN7OS. The van der Waals surface area contributed by atoms with Crippen LogP contribution in [-0.2, 0) is 0 Å². The monoisotopic (exact) mass is 427 g/mol. The zero-order valence-corrected chi connectivity index (χ0v) is 17.2. The Bertz CT molecular complexity index is 1010. The summed E-state index contributed by atoms with van der Waals surface area (Å²) in [7, 11) is 1.49. The molecular weight excluding hydrogens is 405 g/mol. The van der Waals surface area contributed by atoms with Crippen LogP contribution in [0.3, 0.4) is 0 Å². The number of pyridine rings is 2. The first-order valence-electron chi connectivity index (χ1n) is 9.65. The second kappa shape index (κ2) is 9.04. The summed E-state index contributed by atoms with van der Waals surface area (Å²) >= 11 is 1.52. The van der Waals surface area contributed by atoms with Crippen LogP contribution in [-0.4, -0.2) is 47.0 Å². The molecule has 0 spiro atoms. The number of hydrogen-bond donors (Lipinski definition) is 3. The molecule has 1 amide bonds. The first kappa shape index (κ1) is 20.0. The number of anilines is 4. The lowest BCUT2D eigenvalue weighted by Gasteiger charge is -2.34. The Labute approximate surface area is 177 Å². The van der Waals surface area contributed by atoms with E-state index in [4.69, 9.17) is 0 Å². The van der Waals surface area contributed by atoms with Gasteiger partial charge in [-0.25, -0.2) is 15.0 Å². The minimum atomic E-state index is -0.616. The van der Waals surface area contributed by atoms with Gasteiger partial charge in [0.15, 0.2) is 5.13 Å². The van der Waals surface area contributed by atoms with Crippen molar-refractivity contribution in [2.24, 2.45) is 0 Å². The molecule has 1 aliphatic heterocycles. The topological polar surface area (TPSA) is 95.1 Å². The lowest BCUT2D eigenvalue weighted by atomic mass is 10.0. The van der Waals surface area contributed by atoms with Crippen LogP contribution in [0.1, 0.15) is 23.3 Å². The zero-order valence-electron chi connectivity index (χ0n) is 16.4. The van der Waals surface area contributed by atoms with Gasteiger partial charge in [0.25, 0.3) is 5.91 Å². The number of amides is 1. The third-order valence-electron chi connectivity index (χ3n) is 4.92. The van der Waals surface area contributed by atoms with Crippen molar-refractivity contribution in [3.8, 4) is 0 Å². The zero-order chi connectivity index (χ0) is 20.9. The fourth-order valence-electron chi connectivity index (χ4n) is 3.40. The standard InChI is InChI=1S/C20H22FN7OS/c1-22-19(29)15-2-3-16(18(21)26-15)28-9-5-13(6-10-28)25-14-4-7-23-17(12-14)27-20-24-8-11-30-20/h2-4,7-8,11-13H,5-6,9-10H2,1H3,(H,22,29)(H2,23,24,25,27). The third kappa shape index (κ3) is 4.65. The van der Waals surface area contributed by atoms with Gasteiger partial charge >= 0.3 is 0 Å². The Morgan fingerprint density at radius 2 is 2.03 bits per heavy atom. The second-order valence-electron chi connectivity index (χ2n) is 6.88. The van der Waals surface area contributed by atoms with Crippen molar-refractivity contribution in [1.82, 2.24) is 20.3 Å². The number of nitrogens with zero attached hydrogens (tertiary/aromatic N) is 4. The van der Waals surface area contributed by atoms with Crippen LogP contribution in [0.25, 0.3) is 0 Å². The molecule has 0 saturated carbocycles. The molecule has 30 heavy (non-hydrogen) atoms. The highest BCUT2D eigenvalue weighted by Crippen LogP contribution is 2.25. The van der Waals surface area contributed by atoms with E-state index >= 15 is 0 Å². The first-order chi connectivity index (χ1) is 14.6. The second-order valence-corrected chi connectivity index (χ2v) is 7.78. The summed E-state index contributed by atoms with van der Waals surface area (Å²) in [6.07, 6.45) is 5.21. The summed E-state index contributed by atoms with van der Waals surface area (Å²) in [5.41, 5.74) is 1.49. The summed E-state index contributed by atoms with van der Waals surface area (Å²) in [4.78, 5) is 25.9. The number of piperidine rings is 1. The van der Waals surface area contributed by atoms with Crippen LogP contribution in [0, 0.1) is 5.95 Å². The van der Waals surface area contributed by atoms with E-state index in [1.807, 2.05) is 22.4 Å². The predicted octanol–water partition coefficient (Wildman–Crippen LogP) is 3.26. The smallest absolute Gasteiger partial charge is 0.269 e. The molecule has 0 bridgehead atoms. The van der Waals surface area contributed by atoms with Crippen LogP contribution in [0.4, 0.5) is 26.7 Å². The minimum absolute atomic E-state index is 0.0788. The van der Waals surface area contributed by atoms with Gasteiger partial charge in [-0.2, -0.15) is 4.39 Å². The van der Waals surface area contributed by atoms with E-state index in [1.165, 1.54) is 18.4 Å². The summed E-state index contributed by atoms with van der Waals surface area (Å²) in [5, 5.41) is 11.9. The Morgan fingerprint density at radius 1 is 1.20 bits per heavy atom. The molecule has 0 aromatic carbocycles. The van der Waals surface area contributed by atoms with E-state index in [-0.39, 0.29) is 11.7 Å². The Morgan fingerprint density at radius 3 is 2.73 bits per heavy atom. The molecule has 3 aromatic rings. The molecule has 4 rings (SSSR count). The highest BCUT2D eigenvalue weighted by molar-refractivity contribution is 7.13. The van der Waals surface area contributed by atoms with Crippen LogP contribution >= 0.6 is 11.3 Å². The fourth-order valence-corrected chi connectivity index (χ4v) is 3.94. The van der Waals surface area contributed by atoms with Crippen molar-refractivity contribution in [1.29, 1.82) is 0 Å². The summed E-state index contributed by atoms with van der Waals surface area (Å²) < 4.78 is 14.4. The predicted molar refractivity (Wildman–Crippen MR) is 116 cm³/mol. The number of carbonyl (C=O) groups is 1. The molecule has 3 N–H and O–H groups in total. The number of hydrogen-bond acceptors (Lipinski definition) is 8. The molecule has 0 radical (unpaired) electrons. The Kier molecular flexibility index (Phi) is 6.03. The van der Waals surface area contributed by atoms with Crippen molar-refractivity contribution >= 4 is 39.6 Å². The van der Waals surface area contributed by atoms with Gasteiger partial charge in [0, 0.05) is 55.7 Å². The van der Waals surface area contributed by atoms with E-state index in [2.05, 4.69) is 30.9 Å². The van der Waals surface area contributed by atoms with Crippen molar-refractivity contribution < 1.29 is 9.18 Å².